The van der Waals surface area contributed by atoms with Crippen molar-refractivity contribution >= 4 is 42.2 Å². The summed E-state index contributed by atoms with van der Waals surface area (Å²) in [5, 5.41) is 10.8. The molecule has 1 heterocycles. The van der Waals surface area contributed by atoms with Gasteiger partial charge in [0.05, 0.1) is 17.7 Å². The van der Waals surface area contributed by atoms with Crippen LogP contribution in [0.25, 0.3) is 0 Å². The smallest absolute Gasteiger partial charge is 0.327 e. The van der Waals surface area contributed by atoms with Crippen molar-refractivity contribution in [1.29, 1.82) is 0 Å². The van der Waals surface area contributed by atoms with Crippen LogP contribution < -0.4 is 5.32 Å². The molecule has 0 saturated carbocycles. The molecule has 0 spiro atoms. The standard InChI is InChI=1S/C9H14N2O4S2/c1-5(16)8(13)10-2-7(12)11-4-17-3-6(11)9(14)15/h5-6,16H,2-4H2,1H3,(H,10,13)(H,14,15)/t5-,6-/m1/s1. The van der Waals surface area contributed by atoms with E-state index in [0.717, 1.165) is 0 Å². The SMILES string of the molecule is C[C@@H](S)C(=O)NCC(=O)N1CSC[C@@H]1C(=O)O. The molecule has 2 amide bonds. The molecule has 0 aliphatic carbocycles. The third kappa shape index (κ3) is 3.81. The molecular formula is C9H14N2O4S2. The fourth-order valence-electron chi connectivity index (χ4n) is 1.31. The summed E-state index contributed by atoms with van der Waals surface area (Å²) in [5.74, 6) is -1.01. The summed E-state index contributed by atoms with van der Waals surface area (Å²) in [6.45, 7) is 1.41. The fraction of sp³-hybridized carbons (Fsp3) is 0.667. The number of nitrogens with one attached hydrogen (secondary N) is 1. The molecule has 8 heteroatoms. The van der Waals surface area contributed by atoms with Crippen LogP contribution in [0.2, 0.25) is 0 Å². The first-order chi connectivity index (χ1) is 7.93. The van der Waals surface area contributed by atoms with Crippen LogP contribution in [-0.4, -0.2) is 57.3 Å². The summed E-state index contributed by atoms with van der Waals surface area (Å²) >= 11 is 5.30. The lowest BCUT2D eigenvalue weighted by molar-refractivity contribution is -0.147. The average Bonchev–Trinajstić information content (AvgIpc) is 2.73. The van der Waals surface area contributed by atoms with Crippen molar-refractivity contribution in [2.75, 3.05) is 18.2 Å². The van der Waals surface area contributed by atoms with Crippen molar-refractivity contribution < 1.29 is 19.5 Å². The molecule has 96 valence electrons. The van der Waals surface area contributed by atoms with E-state index in [1.54, 1.807) is 6.92 Å². The molecule has 1 saturated heterocycles. The lowest BCUT2D eigenvalue weighted by atomic mass is 10.3. The molecular weight excluding hydrogens is 264 g/mol. The van der Waals surface area contributed by atoms with Crippen molar-refractivity contribution in [3.8, 4) is 0 Å². The number of carbonyl (C=O) groups excluding carboxylic acids is 2. The Bertz CT molecular complexity index is 335. The van der Waals surface area contributed by atoms with Gasteiger partial charge < -0.3 is 15.3 Å². The molecule has 2 atom stereocenters. The van der Waals surface area contributed by atoms with Gasteiger partial charge in [0.2, 0.25) is 11.8 Å². The lowest BCUT2D eigenvalue weighted by Gasteiger charge is -2.20. The second-order valence-electron chi connectivity index (χ2n) is 3.61. The number of thioether (sulfide) groups is 1. The van der Waals surface area contributed by atoms with Crippen LogP contribution in [-0.2, 0) is 14.4 Å². The third-order valence-corrected chi connectivity index (χ3v) is 3.53. The first-order valence-corrected chi connectivity index (χ1v) is 6.66. The summed E-state index contributed by atoms with van der Waals surface area (Å²) in [6, 6.07) is -0.794. The van der Waals surface area contributed by atoms with Crippen molar-refractivity contribution in [3.63, 3.8) is 0 Å². The molecule has 1 rings (SSSR count). The summed E-state index contributed by atoms with van der Waals surface area (Å²) in [6.07, 6.45) is 0. The minimum absolute atomic E-state index is 0.186. The summed E-state index contributed by atoms with van der Waals surface area (Å²) in [4.78, 5) is 35.0. The van der Waals surface area contributed by atoms with Gasteiger partial charge in [-0.2, -0.15) is 12.6 Å². The minimum atomic E-state index is -1.02. The van der Waals surface area contributed by atoms with Crippen LogP contribution >= 0.6 is 24.4 Å². The molecule has 1 aliphatic heterocycles. The number of amides is 2. The molecule has 0 unspecified atom stereocenters. The molecule has 17 heavy (non-hydrogen) atoms. The van der Waals surface area contributed by atoms with Gasteiger partial charge >= 0.3 is 5.97 Å². The highest BCUT2D eigenvalue weighted by Crippen LogP contribution is 2.20. The Hall–Kier alpha value is -0.890. The van der Waals surface area contributed by atoms with Gasteiger partial charge in [0.1, 0.15) is 6.04 Å². The Morgan fingerprint density at radius 1 is 1.59 bits per heavy atom. The van der Waals surface area contributed by atoms with E-state index < -0.39 is 17.3 Å². The topological polar surface area (TPSA) is 86.7 Å². The van der Waals surface area contributed by atoms with Crippen LogP contribution in [0.5, 0.6) is 0 Å². The van der Waals surface area contributed by atoms with Crippen LogP contribution in [0.4, 0.5) is 0 Å². The van der Waals surface area contributed by atoms with Gasteiger partial charge in [0.25, 0.3) is 0 Å². The number of nitrogens with zero attached hydrogens (tertiary/aromatic N) is 1. The largest absolute Gasteiger partial charge is 0.480 e. The zero-order valence-electron chi connectivity index (χ0n) is 9.25. The number of hydrogen-bond acceptors (Lipinski definition) is 5. The second kappa shape index (κ2) is 6.15. The van der Waals surface area contributed by atoms with E-state index in [1.165, 1.54) is 16.7 Å². The zero-order valence-corrected chi connectivity index (χ0v) is 11.0. The maximum atomic E-state index is 11.7. The fourth-order valence-corrected chi connectivity index (χ4v) is 2.57. The van der Waals surface area contributed by atoms with E-state index in [-0.39, 0.29) is 18.4 Å². The Morgan fingerprint density at radius 3 is 2.76 bits per heavy atom. The zero-order chi connectivity index (χ0) is 13.0. The summed E-state index contributed by atoms with van der Waals surface area (Å²) in [7, 11) is 0. The molecule has 1 fully saturated rings. The summed E-state index contributed by atoms with van der Waals surface area (Å²) in [5.41, 5.74) is 0. The number of hydrogen-bond donors (Lipinski definition) is 3. The second-order valence-corrected chi connectivity index (χ2v) is 5.39. The van der Waals surface area contributed by atoms with Gasteiger partial charge in [-0.3, -0.25) is 9.59 Å². The maximum Gasteiger partial charge on any atom is 0.327 e. The van der Waals surface area contributed by atoms with Crippen molar-refractivity contribution in [2.45, 2.75) is 18.2 Å². The van der Waals surface area contributed by atoms with Crippen molar-refractivity contribution in [1.82, 2.24) is 10.2 Å². The van der Waals surface area contributed by atoms with Gasteiger partial charge in [-0.15, -0.1) is 11.8 Å². The molecule has 0 aromatic carbocycles. The maximum absolute atomic E-state index is 11.7. The highest BCUT2D eigenvalue weighted by molar-refractivity contribution is 7.99. The number of carbonyl (C=O) groups is 3. The van der Waals surface area contributed by atoms with Crippen molar-refractivity contribution in [2.24, 2.45) is 0 Å². The monoisotopic (exact) mass is 278 g/mol. The Balaban J connectivity index is 2.47. The van der Waals surface area contributed by atoms with E-state index in [9.17, 15) is 14.4 Å². The number of rotatable bonds is 4. The van der Waals surface area contributed by atoms with E-state index >= 15 is 0 Å². The number of carboxylic acids is 1. The first kappa shape index (κ1) is 14.2. The first-order valence-electron chi connectivity index (χ1n) is 4.99. The molecule has 0 aromatic rings. The van der Waals surface area contributed by atoms with Gasteiger partial charge in [-0.1, -0.05) is 0 Å². The minimum Gasteiger partial charge on any atom is -0.480 e. The number of thiol groups is 1. The predicted octanol–water partition coefficient (Wildman–Crippen LogP) is -0.593. The van der Waals surface area contributed by atoms with E-state index in [4.69, 9.17) is 5.11 Å². The Labute approximate surface area is 109 Å². The molecule has 1 aliphatic rings. The van der Waals surface area contributed by atoms with Gasteiger partial charge in [0, 0.05) is 5.75 Å². The van der Waals surface area contributed by atoms with Gasteiger partial charge in [0.15, 0.2) is 0 Å². The number of carboxylic acid groups (broad SMARTS) is 1. The van der Waals surface area contributed by atoms with E-state index in [2.05, 4.69) is 17.9 Å². The third-order valence-electron chi connectivity index (χ3n) is 2.28. The predicted molar refractivity (Wildman–Crippen MR) is 67.1 cm³/mol. The highest BCUT2D eigenvalue weighted by Gasteiger charge is 2.34. The normalized spacial score (nSPS) is 21.1. The molecule has 0 radical (unpaired) electrons. The van der Waals surface area contributed by atoms with Crippen LogP contribution in [0, 0.1) is 0 Å². The molecule has 0 bridgehead atoms. The Kier molecular flexibility index (Phi) is 5.13. The van der Waals surface area contributed by atoms with Crippen LogP contribution in [0.15, 0.2) is 0 Å². The molecule has 0 aromatic heterocycles. The molecule has 6 nitrogen and oxygen atoms in total. The van der Waals surface area contributed by atoms with E-state index in [0.29, 0.717) is 11.6 Å². The average molecular weight is 278 g/mol. The van der Waals surface area contributed by atoms with Crippen LogP contribution in [0.3, 0.4) is 0 Å². The van der Waals surface area contributed by atoms with E-state index in [1.807, 2.05) is 0 Å². The summed E-state index contributed by atoms with van der Waals surface area (Å²) < 4.78 is 0. The molecule has 2 N–H and O–H groups in total. The number of aliphatic carboxylic acids is 1. The Morgan fingerprint density at radius 2 is 2.24 bits per heavy atom. The lowest BCUT2D eigenvalue weighted by Crippen LogP contribution is -2.47. The van der Waals surface area contributed by atoms with Gasteiger partial charge in [-0.05, 0) is 6.92 Å². The van der Waals surface area contributed by atoms with Crippen molar-refractivity contribution in [3.05, 3.63) is 0 Å². The van der Waals surface area contributed by atoms with Crippen LogP contribution in [0.1, 0.15) is 6.92 Å². The van der Waals surface area contributed by atoms with Gasteiger partial charge in [-0.25, -0.2) is 4.79 Å². The highest BCUT2D eigenvalue weighted by atomic mass is 32.2. The quantitative estimate of drug-likeness (QED) is 0.598.